The van der Waals surface area contributed by atoms with E-state index in [1.165, 1.54) is 6.08 Å². The fourth-order valence-electron chi connectivity index (χ4n) is 2.50. The quantitative estimate of drug-likeness (QED) is 0.623. The third-order valence-corrected chi connectivity index (χ3v) is 4.59. The topological polar surface area (TPSA) is 104 Å². The van der Waals surface area contributed by atoms with Gasteiger partial charge in [0.15, 0.2) is 0 Å². The predicted octanol–water partition coefficient (Wildman–Crippen LogP) is 2.60. The smallest absolute Gasteiger partial charge is 0.253 e. The van der Waals surface area contributed by atoms with Crippen LogP contribution < -0.4 is 15.4 Å². The van der Waals surface area contributed by atoms with Crippen molar-refractivity contribution in [2.24, 2.45) is 0 Å². The normalized spacial score (nSPS) is 13.9. The molecule has 0 spiro atoms. The van der Waals surface area contributed by atoms with Gasteiger partial charge in [0.2, 0.25) is 15.9 Å². The van der Waals surface area contributed by atoms with Crippen LogP contribution in [0.4, 0.5) is 11.4 Å². The lowest BCUT2D eigenvalue weighted by atomic mass is 10.1. The second-order valence-electron chi connectivity index (χ2n) is 6.61. The Labute approximate surface area is 163 Å². The number of amides is 2. The van der Waals surface area contributed by atoms with Crippen LogP contribution in [0.2, 0.25) is 0 Å². The number of rotatable bonds is 7. The van der Waals surface area contributed by atoms with E-state index in [0.717, 1.165) is 24.7 Å². The predicted molar refractivity (Wildman–Crippen MR) is 110 cm³/mol. The number of hydrogen-bond donors (Lipinski definition) is 3. The highest BCUT2D eigenvalue weighted by Crippen LogP contribution is 2.21. The summed E-state index contributed by atoms with van der Waals surface area (Å²) in [5.74, 6) is -0.568. The average molecular weight is 399 g/mol. The number of hydrogen-bond acceptors (Lipinski definition) is 4. The molecule has 7 nitrogen and oxygen atoms in total. The van der Waals surface area contributed by atoms with Gasteiger partial charge in [-0.3, -0.25) is 14.3 Å². The number of anilines is 2. The second-order valence-corrected chi connectivity index (χ2v) is 8.36. The van der Waals surface area contributed by atoms with Gasteiger partial charge in [0.1, 0.15) is 0 Å². The number of carbonyl (C=O) groups excluding carboxylic acids is 2. The van der Waals surface area contributed by atoms with Crippen molar-refractivity contribution in [2.75, 3.05) is 16.3 Å². The van der Waals surface area contributed by atoms with Gasteiger partial charge in [0.25, 0.3) is 5.91 Å². The lowest BCUT2D eigenvalue weighted by Crippen LogP contribution is -2.26. The van der Waals surface area contributed by atoms with E-state index in [1.54, 1.807) is 54.6 Å². The van der Waals surface area contributed by atoms with E-state index in [1.807, 2.05) is 0 Å². The zero-order valence-corrected chi connectivity index (χ0v) is 16.1. The maximum Gasteiger partial charge on any atom is 0.253 e. The molecule has 2 amide bonds. The summed E-state index contributed by atoms with van der Waals surface area (Å²) >= 11 is 0. The molecule has 0 atom stereocenters. The number of carbonyl (C=O) groups is 2. The van der Waals surface area contributed by atoms with Crippen molar-refractivity contribution in [3.8, 4) is 0 Å². The van der Waals surface area contributed by atoms with Crippen LogP contribution in [0.3, 0.4) is 0 Å². The van der Waals surface area contributed by atoms with Crippen LogP contribution in [0.15, 0.2) is 54.6 Å². The molecule has 0 aliphatic heterocycles. The third-order valence-electron chi connectivity index (χ3n) is 3.98. The minimum Gasteiger partial charge on any atom is -0.349 e. The van der Waals surface area contributed by atoms with E-state index in [4.69, 9.17) is 0 Å². The number of sulfonamides is 1. The molecular formula is C20H21N3O4S. The van der Waals surface area contributed by atoms with Crippen molar-refractivity contribution >= 4 is 39.3 Å². The van der Waals surface area contributed by atoms with E-state index < -0.39 is 10.0 Å². The minimum absolute atomic E-state index is 0.198. The molecule has 1 aliphatic carbocycles. The first-order chi connectivity index (χ1) is 13.3. The van der Waals surface area contributed by atoms with Gasteiger partial charge >= 0.3 is 0 Å². The monoisotopic (exact) mass is 399 g/mol. The van der Waals surface area contributed by atoms with Gasteiger partial charge in [-0.2, -0.15) is 0 Å². The molecule has 1 aliphatic rings. The molecule has 2 aromatic carbocycles. The summed E-state index contributed by atoms with van der Waals surface area (Å²) in [4.78, 5) is 24.5. The van der Waals surface area contributed by atoms with E-state index >= 15 is 0 Å². The van der Waals surface area contributed by atoms with Crippen molar-refractivity contribution in [3.63, 3.8) is 0 Å². The first-order valence-electron chi connectivity index (χ1n) is 8.77. The van der Waals surface area contributed by atoms with Crippen LogP contribution in [0.1, 0.15) is 28.8 Å². The summed E-state index contributed by atoms with van der Waals surface area (Å²) < 4.78 is 24.8. The summed E-state index contributed by atoms with van der Waals surface area (Å²) in [6.07, 6.45) is 6.01. The Morgan fingerprint density at radius 2 is 1.71 bits per heavy atom. The van der Waals surface area contributed by atoms with Crippen LogP contribution in [-0.2, 0) is 14.8 Å². The maximum absolute atomic E-state index is 12.3. The van der Waals surface area contributed by atoms with E-state index in [0.29, 0.717) is 16.9 Å². The molecule has 3 N–H and O–H groups in total. The summed E-state index contributed by atoms with van der Waals surface area (Å²) in [5.41, 5.74) is 2.05. The average Bonchev–Trinajstić information content (AvgIpc) is 3.44. The van der Waals surface area contributed by atoms with E-state index in [9.17, 15) is 18.0 Å². The van der Waals surface area contributed by atoms with Gasteiger partial charge in [0, 0.05) is 17.8 Å². The molecule has 8 heteroatoms. The largest absolute Gasteiger partial charge is 0.349 e. The highest BCUT2D eigenvalue weighted by Gasteiger charge is 2.24. The van der Waals surface area contributed by atoms with E-state index in [-0.39, 0.29) is 17.9 Å². The molecule has 0 unspecified atom stereocenters. The summed E-state index contributed by atoms with van der Waals surface area (Å²) in [5, 5.41) is 5.63. The van der Waals surface area contributed by atoms with Gasteiger partial charge < -0.3 is 10.6 Å². The first-order valence-corrected chi connectivity index (χ1v) is 10.7. The number of benzene rings is 2. The Kier molecular flexibility index (Phi) is 5.79. The molecule has 0 radical (unpaired) electrons. The van der Waals surface area contributed by atoms with Crippen molar-refractivity contribution < 1.29 is 18.0 Å². The second kappa shape index (κ2) is 8.26. The zero-order valence-electron chi connectivity index (χ0n) is 15.3. The van der Waals surface area contributed by atoms with Crippen LogP contribution in [0, 0.1) is 0 Å². The first kappa shape index (κ1) is 19.6. The van der Waals surface area contributed by atoms with Gasteiger partial charge in [-0.25, -0.2) is 8.42 Å². The molecule has 146 valence electrons. The molecular weight excluding hydrogens is 378 g/mol. The van der Waals surface area contributed by atoms with Crippen molar-refractivity contribution in [1.29, 1.82) is 0 Å². The molecule has 0 heterocycles. The summed E-state index contributed by atoms with van der Waals surface area (Å²) in [6, 6.07) is 13.7. The fourth-order valence-corrected chi connectivity index (χ4v) is 3.07. The molecule has 1 saturated carbocycles. The van der Waals surface area contributed by atoms with Crippen molar-refractivity contribution in [3.05, 3.63) is 65.7 Å². The van der Waals surface area contributed by atoms with Crippen molar-refractivity contribution in [1.82, 2.24) is 5.32 Å². The third kappa shape index (κ3) is 5.95. The Bertz CT molecular complexity index is 1010. The molecule has 1 fully saturated rings. The Morgan fingerprint density at radius 1 is 1.04 bits per heavy atom. The summed E-state index contributed by atoms with van der Waals surface area (Å²) in [7, 11) is -3.33. The lowest BCUT2D eigenvalue weighted by molar-refractivity contribution is -0.111. The standard InChI is InChI=1S/C20H21N3O4S/c1-28(26,27)23-16-9-6-14(7-10-16)8-13-19(24)22-18-5-3-2-4-17(18)20(25)21-15-11-12-15/h2-10,13,15,23H,11-12H2,1H3,(H,21,25)(H,22,24)/b13-8+. The van der Waals surface area contributed by atoms with Gasteiger partial charge in [0.05, 0.1) is 17.5 Å². The molecule has 0 bridgehead atoms. The number of nitrogens with one attached hydrogen (secondary N) is 3. The fraction of sp³-hybridized carbons (Fsp3) is 0.200. The van der Waals surface area contributed by atoms with Crippen LogP contribution in [0.25, 0.3) is 6.08 Å². The molecule has 28 heavy (non-hydrogen) atoms. The van der Waals surface area contributed by atoms with Crippen LogP contribution in [0.5, 0.6) is 0 Å². The van der Waals surface area contributed by atoms with E-state index in [2.05, 4.69) is 15.4 Å². The van der Waals surface area contributed by atoms with Crippen molar-refractivity contribution in [2.45, 2.75) is 18.9 Å². The lowest BCUT2D eigenvalue weighted by Gasteiger charge is -2.10. The van der Waals surface area contributed by atoms with Gasteiger partial charge in [-0.05, 0) is 48.7 Å². The Hall–Kier alpha value is -3.13. The summed E-state index contributed by atoms with van der Waals surface area (Å²) in [6.45, 7) is 0. The minimum atomic E-state index is -3.33. The maximum atomic E-state index is 12.3. The van der Waals surface area contributed by atoms with Crippen LogP contribution >= 0.6 is 0 Å². The highest BCUT2D eigenvalue weighted by molar-refractivity contribution is 7.92. The number of para-hydroxylation sites is 1. The Morgan fingerprint density at radius 3 is 2.36 bits per heavy atom. The van der Waals surface area contributed by atoms with Gasteiger partial charge in [-0.15, -0.1) is 0 Å². The SMILES string of the molecule is CS(=O)(=O)Nc1ccc(/C=C/C(=O)Nc2ccccc2C(=O)NC2CC2)cc1. The molecule has 0 saturated heterocycles. The molecule has 0 aromatic heterocycles. The Balaban J connectivity index is 1.63. The zero-order chi connectivity index (χ0) is 20.1. The molecule has 2 aromatic rings. The highest BCUT2D eigenvalue weighted by atomic mass is 32.2. The molecule has 3 rings (SSSR count). The van der Waals surface area contributed by atoms with Gasteiger partial charge in [-0.1, -0.05) is 24.3 Å². The van der Waals surface area contributed by atoms with Crippen LogP contribution in [-0.4, -0.2) is 32.5 Å².